The summed E-state index contributed by atoms with van der Waals surface area (Å²) >= 11 is 0. The first-order valence-electron chi connectivity index (χ1n) is 6.82. The standard InChI is InChI=1S/C17H13F2NO2S/c1-20(15-8-6-12-4-2-3-5-13(12)10-15)23(21,22)17-9-7-14(18)11-16(17)19/h2-11H,1H3. The van der Waals surface area contributed by atoms with Crippen LogP contribution in [0.2, 0.25) is 0 Å². The number of benzene rings is 3. The van der Waals surface area contributed by atoms with Crippen LogP contribution in [-0.2, 0) is 10.0 Å². The van der Waals surface area contributed by atoms with Gasteiger partial charge in [0.05, 0.1) is 5.69 Å². The third-order valence-corrected chi connectivity index (χ3v) is 5.45. The van der Waals surface area contributed by atoms with Crippen LogP contribution >= 0.6 is 0 Å². The maximum Gasteiger partial charge on any atom is 0.266 e. The predicted octanol–water partition coefficient (Wildman–Crippen LogP) is 3.94. The molecule has 0 spiro atoms. The van der Waals surface area contributed by atoms with Crippen molar-refractivity contribution in [2.75, 3.05) is 11.4 Å². The van der Waals surface area contributed by atoms with Gasteiger partial charge in [0.1, 0.15) is 16.5 Å². The second kappa shape index (κ2) is 5.62. The second-order valence-corrected chi connectivity index (χ2v) is 7.02. The van der Waals surface area contributed by atoms with Gasteiger partial charge in [-0.3, -0.25) is 4.31 Å². The molecule has 0 radical (unpaired) electrons. The fourth-order valence-corrected chi connectivity index (χ4v) is 3.57. The van der Waals surface area contributed by atoms with E-state index >= 15 is 0 Å². The lowest BCUT2D eigenvalue weighted by atomic mass is 10.1. The van der Waals surface area contributed by atoms with E-state index in [-0.39, 0.29) is 0 Å². The van der Waals surface area contributed by atoms with E-state index in [0.29, 0.717) is 11.8 Å². The summed E-state index contributed by atoms with van der Waals surface area (Å²) < 4.78 is 52.9. The van der Waals surface area contributed by atoms with E-state index in [9.17, 15) is 17.2 Å². The van der Waals surface area contributed by atoms with E-state index in [4.69, 9.17) is 0 Å². The van der Waals surface area contributed by atoms with Crippen molar-refractivity contribution < 1.29 is 17.2 Å². The fraction of sp³-hybridized carbons (Fsp3) is 0.0588. The first-order chi connectivity index (χ1) is 10.9. The molecule has 0 aromatic heterocycles. The zero-order valence-electron chi connectivity index (χ0n) is 12.2. The molecule has 0 saturated carbocycles. The molecule has 118 valence electrons. The Labute approximate surface area is 132 Å². The summed E-state index contributed by atoms with van der Waals surface area (Å²) in [5.41, 5.74) is 0.396. The van der Waals surface area contributed by atoms with E-state index < -0.39 is 26.6 Å². The van der Waals surface area contributed by atoms with Gasteiger partial charge in [0.15, 0.2) is 0 Å². The van der Waals surface area contributed by atoms with Crippen LogP contribution in [0, 0.1) is 11.6 Å². The molecule has 0 aliphatic rings. The molecule has 23 heavy (non-hydrogen) atoms. The number of halogens is 2. The number of sulfonamides is 1. The molecule has 0 unspecified atom stereocenters. The van der Waals surface area contributed by atoms with Crippen molar-refractivity contribution in [3.63, 3.8) is 0 Å². The first kappa shape index (κ1) is 15.4. The van der Waals surface area contributed by atoms with Crippen molar-refractivity contribution in [1.82, 2.24) is 0 Å². The summed E-state index contributed by atoms with van der Waals surface area (Å²) in [6, 6.07) is 15.0. The van der Waals surface area contributed by atoms with Crippen LogP contribution in [0.25, 0.3) is 10.8 Å². The quantitative estimate of drug-likeness (QED) is 0.728. The Morgan fingerprint density at radius 1 is 0.870 bits per heavy atom. The van der Waals surface area contributed by atoms with Crippen LogP contribution < -0.4 is 4.31 Å². The van der Waals surface area contributed by atoms with Gasteiger partial charge in [-0.2, -0.15) is 0 Å². The number of hydrogen-bond donors (Lipinski definition) is 0. The minimum absolute atomic E-state index is 0.396. The molecule has 6 heteroatoms. The molecule has 0 saturated heterocycles. The molecule has 0 amide bonds. The zero-order chi connectivity index (χ0) is 16.6. The molecule has 3 aromatic carbocycles. The third-order valence-electron chi connectivity index (χ3n) is 3.63. The Kier molecular flexibility index (Phi) is 3.77. The molecule has 0 heterocycles. The molecule has 0 N–H and O–H groups in total. The molecule has 0 aliphatic heterocycles. The molecule has 3 rings (SSSR count). The van der Waals surface area contributed by atoms with Gasteiger partial charge in [0.25, 0.3) is 10.0 Å². The monoisotopic (exact) mass is 333 g/mol. The average molecular weight is 333 g/mol. The van der Waals surface area contributed by atoms with Crippen molar-refractivity contribution in [2.24, 2.45) is 0 Å². The zero-order valence-corrected chi connectivity index (χ0v) is 13.0. The maximum atomic E-state index is 13.8. The highest BCUT2D eigenvalue weighted by Crippen LogP contribution is 2.27. The van der Waals surface area contributed by atoms with E-state index in [2.05, 4.69) is 0 Å². The summed E-state index contributed by atoms with van der Waals surface area (Å²) in [6.45, 7) is 0. The number of anilines is 1. The lowest BCUT2D eigenvalue weighted by molar-refractivity contribution is 0.548. The molecule has 0 atom stereocenters. The van der Waals surface area contributed by atoms with E-state index in [1.165, 1.54) is 7.05 Å². The lowest BCUT2D eigenvalue weighted by Gasteiger charge is -2.20. The average Bonchev–Trinajstić information content (AvgIpc) is 2.53. The lowest BCUT2D eigenvalue weighted by Crippen LogP contribution is -2.27. The van der Waals surface area contributed by atoms with Gasteiger partial charge in [0, 0.05) is 13.1 Å². The van der Waals surface area contributed by atoms with E-state index in [0.717, 1.165) is 27.2 Å². The van der Waals surface area contributed by atoms with Gasteiger partial charge in [0.2, 0.25) is 0 Å². The summed E-state index contributed by atoms with van der Waals surface area (Å²) in [7, 11) is -2.78. The van der Waals surface area contributed by atoms with E-state index in [1.807, 2.05) is 24.3 Å². The SMILES string of the molecule is CN(c1ccc2ccccc2c1)S(=O)(=O)c1ccc(F)cc1F. The van der Waals surface area contributed by atoms with Gasteiger partial charge in [-0.25, -0.2) is 17.2 Å². The maximum absolute atomic E-state index is 13.8. The Hall–Kier alpha value is -2.47. The number of hydrogen-bond acceptors (Lipinski definition) is 2. The Morgan fingerprint density at radius 3 is 2.26 bits per heavy atom. The minimum atomic E-state index is -4.12. The molecule has 0 fully saturated rings. The van der Waals surface area contributed by atoms with Gasteiger partial charge >= 0.3 is 0 Å². The largest absolute Gasteiger partial charge is 0.269 e. The smallest absolute Gasteiger partial charge is 0.266 e. The van der Waals surface area contributed by atoms with Gasteiger partial charge in [-0.05, 0) is 35.0 Å². The minimum Gasteiger partial charge on any atom is -0.269 e. The Bertz CT molecular complexity index is 987. The van der Waals surface area contributed by atoms with Crippen LogP contribution in [0.3, 0.4) is 0 Å². The van der Waals surface area contributed by atoms with Crippen LogP contribution in [-0.4, -0.2) is 15.5 Å². The molecule has 0 bridgehead atoms. The fourth-order valence-electron chi connectivity index (χ4n) is 2.34. The molecular weight excluding hydrogens is 320 g/mol. The highest BCUT2D eigenvalue weighted by Gasteiger charge is 2.25. The van der Waals surface area contributed by atoms with Crippen molar-refractivity contribution in [2.45, 2.75) is 4.90 Å². The van der Waals surface area contributed by atoms with Crippen LogP contribution in [0.15, 0.2) is 65.6 Å². The van der Waals surface area contributed by atoms with Crippen molar-refractivity contribution in [3.8, 4) is 0 Å². The number of nitrogens with zero attached hydrogens (tertiary/aromatic N) is 1. The second-order valence-electron chi connectivity index (χ2n) is 5.08. The normalized spacial score (nSPS) is 11.6. The Morgan fingerprint density at radius 2 is 1.57 bits per heavy atom. The summed E-state index contributed by atoms with van der Waals surface area (Å²) in [6.07, 6.45) is 0. The highest BCUT2D eigenvalue weighted by molar-refractivity contribution is 7.92. The van der Waals surface area contributed by atoms with Gasteiger partial charge in [-0.15, -0.1) is 0 Å². The summed E-state index contributed by atoms with van der Waals surface area (Å²) in [5, 5.41) is 1.83. The highest BCUT2D eigenvalue weighted by atomic mass is 32.2. The van der Waals surface area contributed by atoms with Gasteiger partial charge < -0.3 is 0 Å². The number of fused-ring (bicyclic) bond motifs is 1. The van der Waals surface area contributed by atoms with Crippen LogP contribution in [0.1, 0.15) is 0 Å². The molecule has 0 aliphatic carbocycles. The molecular formula is C17H13F2NO2S. The topological polar surface area (TPSA) is 37.4 Å². The third kappa shape index (κ3) is 2.77. The Balaban J connectivity index is 2.07. The van der Waals surface area contributed by atoms with Crippen LogP contribution in [0.5, 0.6) is 0 Å². The predicted molar refractivity (Wildman–Crippen MR) is 85.9 cm³/mol. The van der Waals surface area contributed by atoms with E-state index in [1.54, 1.807) is 18.2 Å². The summed E-state index contributed by atoms with van der Waals surface area (Å²) in [5.74, 6) is -1.94. The molecule has 3 nitrogen and oxygen atoms in total. The number of rotatable bonds is 3. The van der Waals surface area contributed by atoms with Crippen molar-refractivity contribution in [1.29, 1.82) is 0 Å². The van der Waals surface area contributed by atoms with Crippen molar-refractivity contribution >= 4 is 26.5 Å². The van der Waals surface area contributed by atoms with Crippen molar-refractivity contribution in [3.05, 3.63) is 72.3 Å². The molecule has 3 aromatic rings. The van der Waals surface area contributed by atoms with Gasteiger partial charge in [-0.1, -0.05) is 30.3 Å². The summed E-state index contributed by atoms with van der Waals surface area (Å²) in [4.78, 5) is -0.561. The van der Waals surface area contributed by atoms with Crippen LogP contribution in [0.4, 0.5) is 14.5 Å². The first-order valence-corrected chi connectivity index (χ1v) is 8.26.